The molecule has 0 fully saturated rings. The lowest BCUT2D eigenvalue weighted by Crippen LogP contribution is -2.27. The molecule has 0 bridgehead atoms. The summed E-state index contributed by atoms with van der Waals surface area (Å²) in [5.41, 5.74) is 5.42. The molecule has 2 unspecified atom stereocenters. The molecule has 1 nitrogen and oxygen atoms in total. The minimum Gasteiger partial charge on any atom is -0.303 e. The maximum Gasteiger partial charge on any atom is 0.122 e. The molecule has 0 N–H and O–H groups in total. The summed E-state index contributed by atoms with van der Waals surface area (Å²) in [6.45, 7) is 12.9. The van der Waals surface area contributed by atoms with Gasteiger partial charge in [-0.1, -0.05) is 43.7 Å². The van der Waals surface area contributed by atoms with Crippen LogP contribution in [0.3, 0.4) is 0 Å². The lowest BCUT2D eigenvalue weighted by Gasteiger charge is -2.34. The van der Waals surface area contributed by atoms with Crippen LogP contribution in [0.5, 0.6) is 0 Å². The van der Waals surface area contributed by atoms with E-state index in [1.807, 2.05) is 6.92 Å². The van der Waals surface area contributed by atoms with Gasteiger partial charge in [-0.25, -0.2) is 0 Å². The van der Waals surface area contributed by atoms with Crippen molar-refractivity contribution in [1.29, 1.82) is 0 Å². The molecule has 110 valence electrons. The molecule has 1 heteroatoms. The van der Waals surface area contributed by atoms with Gasteiger partial charge in [-0.15, -0.1) is 0 Å². The summed E-state index contributed by atoms with van der Waals surface area (Å²) in [6, 6.07) is 6.46. The number of carbonyl (C=O) groups is 1. The Morgan fingerprint density at radius 3 is 2.25 bits per heavy atom. The van der Waals surface area contributed by atoms with Crippen molar-refractivity contribution < 1.29 is 4.79 Å². The SMILES string of the molecule is CC(C)=CCC(C)(CC(C)C=O)c1c(C)cccc1C. The van der Waals surface area contributed by atoms with Crippen LogP contribution in [0, 0.1) is 19.8 Å². The van der Waals surface area contributed by atoms with E-state index in [4.69, 9.17) is 0 Å². The molecule has 2 atom stereocenters. The molecule has 0 saturated carbocycles. The van der Waals surface area contributed by atoms with E-state index in [9.17, 15) is 4.79 Å². The van der Waals surface area contributed by atoms with E-state index in [0.29, 0.717) is 0 Å². The van der Waals surface area contributed by atoms with Gasteiger partial charge in [0.05, 0.1) is 0 Å². The molecule has 20 heavy (non-hydrogen) atoms. The second kappa shape index (κ2) is 6.88. The highest BCUT2D eigenvalue weighted by molar-refractivity contribution is 5.53. The zero-order valence-electron chi connectivity index (χ0n) is 13.8. The Morgan fingerprint density at radius 2 is 1.80 bits per heavy atom. The molecule has 0 saturated heterocycles. The molecule has 0 aliphatic rings. The quantitative estimate of drug-likeness (QED) is 0.517. The molecule has 0 radical (unpaired) electrons. The fourth-order valence-corrected chi connectivity index (χ4v) is 3.24. The highest BCUT2D eigenvalue weighted by Crippen LogP contribution is 2.38. The molecule has 0 aliphatic heterocycles. The first-order valence-corrected chi connectivity index (χ1v) is 7.45. The first-order chi connectivity index (χ1) is 9.30. The Morgan fingerprint density at radius 1 is 1.25 bits per heavy atom. The van der Waals surface area contributed by atoms with E-state index in [2.05, 4.69) is 58.9 Å². The molecule has 0 spiro atoms. The van der Waals surface area contributed by atoms with Crippen LogP contribution >= 0.6 is 0 Å². The smallest absolute Gasteiger partial charge is 0.122 e. The summed E-state index contributed by atoms with van der Waals surface area (Å²) < 4.78 is 0. The fraction of sp³-hybridized carbons (Fsp3) is 0.526. The molecule has 0 aliphatic carbocycles. The molecule has 1 aromatic rings. The van der Waals surface area contributed by atoms with Crippen LogP contribution in [0.25, 0.3) is 0 Å². The average molecular weight is 272 g/mol. The standard InChI is InChI=1S/C19H28O/c1-14(2)10-11-19(6,12-15(3)13-20)18-16(4)8-7-9-17(18)5/h7-10,13,15H,11-12H2,1-6H3. The van der Waals surface area contributed by atoms with Gasteiger partial charge in [0.15, 0.2) is 0 Å². The van der Waals surface area contributed by atoms with Gasteiger partial charge in [-0.2, -0.15) is 0 Å². The molecule has 0 amide bonds. The maximum atomic E-state index is 11.1. The third-order valence-corrected chi connectivity index (χ3v) is 4.05. The number of aryl methyl sites for hydroxylation is 2. The van der Waals surface area contributed by atoms with Crippen LogP contribution in [0.15, 0.2) is 29.8 Å². The predicted octanol–water partition coefficient (Wildman–Crippen LogP) is 5.14. The van der Waals surface area contributed by atoms with Crippen molar-refractivity contribution in [1.82, 2.24) is 0 Å². The lowest BCUT2D eigenvalue weighted by molar-refractivity contribution is -0.111. The van der Waals surface area contributed by atoms with E-state index in [-0.39, 0.29) is 11.3 Å². The first-order valence-electron chi connectivity index (χ1n) is 7.45. The molecular weight excluding hydrogens is 244 g/mol. The van der Waals surface area contributed by atoms with Gasteiger partial charge in [-0.3, -0.25) is 0 Å². The second-order valence-electron chi connectivity index (χ2n) is 6.63. The van der Waals surface area contributed by atoms with Crippen LogP contribution in [0.2, 0.25) is 0 Å². The second-order valence-corrected chi connectivity index (χ2v) is 6.63. The number of benzene rings is 1. The summed E-state index contributed by atoms with van der Waals surface area (Å²) >= 11 is 0. The topological polar surface area (TPSA) is 17.1 Å². The van der Waals surface area contributed by atoms with Crippen molar-refractivity contribution in [3.63, 3.8) is 0 Å². The Hall–Kier alpha value is -1.37. The van der Waals surface area contributed by atoms with Crippen LogP contribution < -0.4 is 0 Å². The van der Waals surface area contributed by atoms with Crippen molar-refractivity contribution in [3.05, 3.63) is 46.5 Å². The molecule has 0 heterocycles. The number of aldehydes is 1. The van der Waals surface area contributed by atoms with Crippen molar-refractivity contribution in [2.24, 2.45) is 5.92 Å². The predicted molar refractivity (Wildman–Crippen MR) is 87.2 cm³/mol. The van der Waals surface area contributed by atoms with Gasteiger partial charge < -0.3 is 4.79 Å². The van der Waals surface area contributed by atoms with Gasteiger partial charge in [0.1, 0.15) is 6.29 Å². The highest BCUT2D eigenvalue weighted by Gasteiger charge is 2.30. The molecule has 0 aromatic heterocycles. The monoisotopic (exact) mass is 272 g/mol. The Balaban J connectivity index is 3.28. The Bertz CT molecular complexity index is 474. The summed E-state index contributed by atoms with van der Waals surface area (Å²) in [5, 5.41) is 0. The van der Waals surface area contributed by atoms with Gasteiger partial charge in [0.2, 0.25) is 0 Å². The van der Waals surface area contributed by atoms with Crippen molar-refractivity contribution in [2.75, 3.05) is 0 Å². The number of carbonyl (C=O) groups excluding carboxylic acids is 1. The largest absolute Gasteiger partial charge is 0.303 e. The van der Waals surface area contributed by atoms with E-state index >= 15 is 0 Å². The highest BCUT2D eigenvalue weighted by atomic mass is 16.1. The molecule has 1 rings (SSSR count). The van der Waals surface area contributed by atoms with Gasteiger partial charge >= 0.3 is 0 Å². The summed E-state index contributed by atoms with van der Waals surface area (Å²) in [5.74, 6) is 0.0876. The van der Waals surface area contributed by atoms with Crippen molar-refractivity contribution in [3.8, 4) is 0 Å². The number of rotatable bonds is 6. The average Bonchev–Trinajstić information content (AvgIpc) is 2.36. The van der Waals surface area contributed by atoms with Crippen molar-refractivity contribution >= 4 is 6.29 Å². The molecular formula is C19H28O. The summed E-state index contributed by atoms with van der Waals surface area (Å²) in [4.78, 5) is 11.1. The Kier molecular flexibility index (Phi) is 5.74. The Labute approximate surface area is 124 Å². The van der Waals surface area contributed by atoms with E-state index < -0.39 is 0 Å². The first kappa shape index (κ1) is 16.7. The number of allylic oxidation sites excluding steroid dienone is 2. The third-order valence-electron chi connectivity index (χ3n) is 4.05. The molecule has 1 aromatic carbocycles. The number of hydrogen-bond acceptors (Lipinski definition) is 1. The minimum absolute atomic E-state index is 0.0209. The van der Waals surface area contributed by atoms with E-state index in [0.717, 1.165) is 19.1 Å². The zero-order valence-corrected chi connectivity index (χ0v) is 13.8. The van der Waals surface area contributed by atoms with Crippen LogP contribution in [-0.2, 0) is 10.2 Å². The van der Waals surface area contributed by atoms with Crippen molar-refractivity contribution in [2.45, 2.75) is 59.8 Å². The van der Waals surface area contributed by atoms with E-state index in [1.165, 1.54) is 22.3 Å². The lowest BCUT2D eigenvalue weighted by atomic mass is 9.70. The third kappa shape index (κ3) is 4.06. The summed E-state index contributed by atoms with van der Waals surface area (Å²) in [7, 11) is 0. The maximum absolute atomic E-state index is 11.1. The number of hydrogen-bond donors (Lipinski definition) is 0. The summed E-state index contributed by atoms with van der Waals surface area (Å²) in [6.07, 6.45) is 5.25. The van der Waals surface area contributed by atoms with Crippen LogP contribution in [0.4, 0.5) is 0 Å². The minimum atomic E-state index is 0.0209. The van der Waals surface area contributed by atoms with Gasteiger partial charge in [-0.05, 0) is 62.6 Å². The van der Waals surface area contributed by atoms with Crippen LogP contribution in [-0.4, -0.2) is 6.29 Å². The van der Waals surface area contributed by atoms with Gasteiger partial charge in [0.25, 0.3) is 0 Å². The van der Waals surface area contributed by atoms with Crippen LogP contribution in [0.1, 0.15) is 57.2 Å². The van der Waals surface area contributed by atoms with E-state index in [1.54, 1.807) is 0 Å². The fourth-order valence-electron chi connectivity index (χ4n) is 3.24. The zero-order chi connectivity index (χ0) is 15.3. The normalized spacial score (nSPS) is 15.3. The van der Waals surface area contributed by atoms with Gasteiger partial charge in [0, 0.05) is 5.92 Å².